The Balaban J connectivity index is 3.12. The maximum absolute atomic E-state index is 11.6. The van der Waals surface area contributed by atoms with Crippen molar-refractivity contribution in [1.29, 1.82) is 0 Å². The van der Waals surface area contributed by atoms with E-state index >= 15 is 0 Å². The molecular formula is C9H15BrN2O3S. The molecule has 1 rings (SSSR count). The molecule has 1 unspecified atom stereocenters. The zero-order valence-corrected chi connectivity index (χ0v) is 12.1. The molecule has 0 aliphatic rings. The van der Waals surface area contributed by atoms with Gasteiger partial charge in [0.05, 0.1) is 4.83 Å². The standard InChI is InChI=1S/C9H15BrN2O3S/c1-5-6(10)7-11-12-8(15-7)9(2,3)16(4,13)14/h6H,5H2,1-4H3. The molecule has 0 spiro atoms. The maximum atomic E-state index is 11.6. The van der Waals surface area contributed by atoms with Crippen LogP contribution in [-0.2, 0) is 14.6 Å². The molecule has 0 aliphatic carbocycles. The van der Waals surface area contributed by atoms with Crippen LogP contribution in [0.15, 0.2) is 4.42 Å². The number of alkyl halides is 1. The van der Waals surface area contributed by atoms with E-state index in [0.717, 1.165) is 12.7 Å². The average molecular weight is 311 g/mol. The molecule has 0 saturated carbocycles. The van der Waals surface area contributed by atoms with Crippen molar-refractivity contribution in [3.8, 4) is 0 Å². The zero-order chi connectivity index (χ0) is 12.6. The Hall–Kier alpha value is -0.430. The molecular weight excluding hydrogens is 296 g/mol. The summed E-state index contributed by atoms with van der Waals surface area (Å²) in [6, 6.07) is 0. The number of nitrogens with zero attached hydrogens (tertiary/aromatic N) is 2. The first-order chi connectivity index (χ1) is 7.20. The van der Waals surface area contributed by atoms with Crippen molar-refractivity contribution >= 4 is 25.8 Å². The molecule has 0 N–H and O–H groups in total. The fraction of sp³-hybridized carbons (Fsp3) is 0.778. The first-order valence-corrected chi connectivity index (χ1v) is 7.68. The predicted octanol–water partition coefficient (Wildman–Crippen LogP) is 2.20. The molecule has 92 valence electrons. The Labute approximate surface area is 104 Å². The van der Waals surface area contributed by atoms with E-state index in [1.165, 1.54) is 0 Å². The number of aromatic nitrogens is 2. The van der Waals surface area contributed by atoms with Crippen LogP contribution in [-0.4, -0.2) is 24.9 Å². The van der Waals surface area contributed by atoms with Crippen molar-refractivity contribution < 1.29 is 12.8 Å². The summed E-state index contributed by atoms with van der Waals surface area (Å²) in [6.07, 6.45) is 1.95. The van der Waals surface area contributed by atoms with Crippen molar-refractivity contribution in [3.05, 3.63) is 11.8 Å². The molecule has 0 aromatic carbocycles. The van der Waals surface area contributed by atoms with Crippen LogP contribution >= 0.6 is 15.9 Å². The summed E-state index contributed by atoms with van der Waals surface area (Å²) in [5, 5.41) is 7.64. The Bertz CT molecular complexity index is 467. The number of rotatable bonds is 4. The lowest BCUT2D eigenvalue weighted by atomic mass is 10.2. The lowest BCUT2D eigenvalue weighted by Crippen LogP contribution is -2.28. The van der Waals surface area contributed by atoms with Crippen molar-refractivity contribution in [2.24, 2.45) is 0 Å². The highest BCUT2D eigenvalue weighted by Gasteiger charge is 2.38. The van der Waals surface area contributed by atoms with E-state index in [1.807, 2.05) is 6.92 Å². The SMILES string of the molecule is CCC(Br)c1nnc(C(C)(C)S(C)(=O)=O)o1. The minimum absolute atomic E-state index is 0.0379. The highest BCUT2D eigenvalue weighted by Crippen LogP contribution is 2.31. The van der Waals surface area contributed by atoms with Gasteiger partial charge in [-0.1, -0.05) is 22.9 Å². The van der Waals surface area contributed by atoms with Gasteiger partial charge in [-0.05, 0) is 20.3 Å². The first kappa shape index (κ1) is 13.6. The quantitative estimate of drug-likeness (QED) is 0.797. The number of hydrogen-bond acceptors (Lipinski definition) is 5. The predicted molar refractivity (Wildman–Crippen MR) is 64.1 cm³/mol. The Morgan fingerprint density at radius 2 is 2.00 bits per heavy atom. The first-order valence-electron chi connectivity index (χ1n) is 4.87. The summed E-state index contributed by atoms with van der Waals surface area (Å²) in [5.74, 6) is 0.539. The number of hydrogen-bond donors (Lipinski definition) is 0. The normalized spacial score (nSPS) is 15.1. The third kappa shape index (κ3) is 2.45. The molecule has 7 heteroatoms. The van der Waals surface area contributed by atoms with Crippen molar-refractivity contribution in [2.45, 2.75) is 36.8 Å². The second-order valence-corrected chi connectivity index (χ2v) is 7.77. The lowest BCUT2D eigenvalue weighted by Gasteiger charge is -2.17. The molecule has 1 atom stereocenters. The summed E-state index contributed by atoms with van der Waals surface area (Å²) in [4.78, 5) is -0.0379. The minimum atomic E-state index is -3.29. The highest BCUT2D eigenvalue weighted by molar-refractivity contribution is 9.09. The van der Waals surface area contributed by atoms with E-state index in [0.29, 0.717) is 5.89 Å². The fourth-order valence-electron chi connectivity index (χ4n) is 0.938. The van der Waals surface area contributed by atoms with Gasteiger partial charge in [0.25, 0.3) is 0 Å². The second kappa shape index (κ2) is 4.44. The van der Waals surface area contributed by atoms with E-state index < -0.39 is 14.6 Å². The summed E-state index contributed by atoms with van der Waals surface area (Å²) in [6.45, 7) is 5.06. The Morgan fingerprint density at radius 3 is 2.44 bits per heavy atom. The van der Waals surface area contributed by atoms with Gasteiger partial charge in [-0.2, -0.15) is 0 Å². The largest absolute Gasteiger partial charge is 0.422 e. The molecule has 16 heavy (non-hydrogen) atoms. The smallest absolute Gasteiger partial charge is 0.237 e. The molecule has 0 saturated heterocycles. The van der Waals surface area contributed by atoms with Gasteiger partial charge in [0.15, 0.2) is 9.84 Å². The van der Waals surface area contributed by atoms with Crippen LogP contribution in [0.4, 0.5) is 0 Å². The summed E-state index contributed by atoms with van der Waals surface area (Å²) in [7, 11) is -3.29. The van der Waals surface area contributed by atoms with E-state index in [2.05, 4.69) is 26.1 Å². The van der Waals surface area contributed by atoms with Crippen LogP contribution in [0.3, 0.4) is 0 Å². The van der Waals surface area contributed by atoms with Crippen LogP contribution in [0.1, 0.15) is 43.8 Å². The molecule has 0 bridgehead atoms. The Kier molecular flexibility index (Phi) is 3.79. The molecule has 1 aromatic heterocycles. The lowest BCUT2D eigenvalue weighted by molar-refractivity contribution is 0.404. The Morgan fingerprint density at radius 1 is 1.44 bits per heavy atom. The van der Waals surface area contributed by atoms with Crippen molar-refractivity contribution in [3.63, 3.8) is 0 Å². The fourth-order valence-corrected chi connectivity index (χ4v) is 1.52. The van der Waals surface area contributed by atoms with Gasteiger partial charge in [-0.3, -0.25) is 0 Å². The number of sulfone groups is 1. The zero-order valence-electron chi connectivity index (χ0n) is 9.69. The van der Waals surface area contributed by atoms with Crippen LogP contribution < -0.4 is 0 Å². The van der Waals surface area contributed by atoms with Gasteiger partial charge in [-0.25, -0.2) is 8.42 Å². The van der Waals surface area contributed by atoms with Crippen molar-refractivity contribution in [2.75, 3.05) is 6.26 Å². The van der Waals surface area contributed by atoms with Gasteiger partial charge in [0.1, 0.15) is 4.75 Å². The van der Waals surface area contributed by atoms with Gasteiger partial charge in [-0.15, -0.1) is 10.2 Å². The van der Waals surface area contributed by atoms with Crippen molar-refractivity contribution in [1.82, 2.24) is 10.2 Å². The molecule has 5 nitrogen and oxygen atoms in total. The summed E-state index contributed by atoms with van der Waals surface area (Å²) >= 11 is 3.37. The van der Waals surface area contributed by atoms with E-state index in [1.54, 1.807) is 13.8 Å². The summed E-state index contributed by atoms with van der Waals surface area (Å²) in [5.41, 5.74) is 0. The third-order valence-electron chi connectivity index (χ3n) is 2.51. The van der Waals surface area contributed by atoms with Crippen LogP contribution in [0, 0.1) is 0 Å². The number of halogens is 1. The van der Waals surface area contributed by atoms with Crippen LogP contribution in [0.25, 0.3) is 0 Å². The maximum Gasteiger partial charge on any atom is 0.237 e. The van der Waals surface area contributed by atoms with E-state index in [-0.39, 0.29) is 10.7 Å². The van der Waals surface area contributed by atoms with Gasteiger partial charge >= 0.3 is 0 Å². The topological polar surface area (TPSA) is 73.1 Å². The second-order valence-electron chi connectivity index (χ2n) is 4.10. The summed E-state index contributed by atoms with van der Waals surface area (Å²) < 4.78 is 27.4. The highest BCUT2D eigenvalue weighted by atomic mass is 79.9. The molecule has 0 aliphatic heterocycles. The molecule has 1 aromatic rings. The van der Waals surface area contributed by atoms with Gasteiger partial charge < -0.3 is 4.42 Å². The monoisotopic (exact) mass is 310 g/mol. The average Bonchev–Trinajstić information content (AvgIpc) is 2.64. The molecule has 1 heterocycles. The van der Waals surface area contributed by atoms with Crippen LogP contribution in [0.5, 0.6) is 0 Å². The van der Waals surface area contributed by atoms with E-state index in [4.69, 9.17) is 4.42 Å². The van der Waals surface area contributed by atoms with Gasteiger partial charge in [0, 0.05) is 6.26 Å². The van der Waals surface area contributed by atoms with Gasteiger partial charge in [0.2, 0.25) is 11.8 Å². The van der Waals surface area contributed by atoms with Crippen LogP contribution in [0.2, 0.25) is 0 Å². The minimum Gasteiger partial charge on any atom is -0.422 e. The third-order valence-corrected chi connectivity index (χ3v) is 5.58. The van der Waals surface area contributed by atoms with E-state index in [9.17, 15) is 8.42 Å². The molecule has 0 radical (unpaired) electrons. The molecule has 0 fully saturated rings. The molecule has 0 amide bonds.